The minimum absolute atomic E-state index is 0. The first kappa shape index (κ1) is 15.7. The van der Waals surface area contributed by atoms with Gasteiger partial charge >= 0.3 is 0 Å². The van der Waals surface area contributed by atoms with Crippen LogP contribution in [-0.2, 0) is 6.54 Å². The van der Waals surface area contributed by atoms with Crippen LogP contribution in [0.1, 0.15) is 16.5 Å². The molecule has 0 aliphatic carbocycles. The summed E-state index contributed by atoms with van der Waals surface area (Å²) < 4.78 is 0.864. The van der Waals surface area contributed by atoms with Gasteiger partial charge in [-0.25, -0.2) is 0 Å². The van der Waals surface area contributed by atoms with E-state index in [0.29, 0.717) is 6.04 Å². The summed E-state index contributed by atoms with van der Waals surface area (Å²) in [6, 6.07) is 8.64. The van der Waals surface area contributed by atoms with Gasteiger partial charge in [-0.15, -0.1) is 23.7 Å². The topological polar surface area (TPSA) is 28.2 Å². The molecule has 1 unspecified atom stereocenters. The molecule has 6 heteroatoms. The number of hydrogen-bond acceptors (Lipinski definition) is 4. The summed E-state index contributed by atoms with van der Waals surface area (Å²) in [5, 5.41) is 3.46. The van der Waals surface area contributed by atoms with Gasteiger partial charge in [-0.3, -0.25) is 9.88 Å². The third-order valence-electron chi connectivity index (χ3n) is 3.41. The molecule has 0 amide bonds. The predicted molar refractivity (Wildman–Crippen MR) is 86.8 cm³/mol. The van der Waals surface area contributed by atoms with Crippen molar-refractivity contribution in [1.82, 2.24) is 15.2 Å². The number of thiophene rings is 1. The number of pyridine rings is 1. The van der Waals surface area contributed by atoms with Crippen LogP contribution in [-0.4, -0.2) is 29.5 Å². The monoisotopic (exact) mass is 329 g/mol. The van der Waals surface area contributed by atoms with Gasteiger partial charge in [-0.05, 0) is 23.8 Å². The third-order valence-corrected chi connectivity index (χ3v) is 4.63. The van der Waals surface area contributed by atoms with E-state index in [1.165, 1.54) is 10.4 Å². The maximum atomic E-state index is 6.01. The van der Waals surface area contributed by atoms with Crippen molar-refractivity contribution < 1.29 is 0 Å². The molecule has 0 saturated carbocycles. The fourth-order valence-corrected chi connectivity index (χ4v) is 3.59. The molecule has 3 heterocycles. The summed E-state index contributed by atoms with van der Waals surface area (Å²) >= 11 is 7.68. The number of hydrogen-bond donors (Lipinski definition) is 1. The lowest BCUT2D eigenvalue weighted by Crippen LogP contribution is -2.45. The molecule has 0 spiro atoms. The molecule has 1 fully saturated rings. The molecule has 1 N–H and O–H groups in total. The Labute approximate surface area is 134 Å². The van der Waals surface area contributed by atoms with E-state index < -0.39 is 0 Å². The van der Waals surface area contributed by atoms with Gasteiger partial charge in [0.25, 0.3) is 0 Å². The Hall–Kier alpha value is -0.650. The van der Waals surface area contributed by atoms with E-state index in [2.05, 4.69) is 27.3 Å². The van der Waals surface area contributed by atoms with Crippen LogP contribution in [0.3, 0.4) is 0 Å². The third kappa shape index (κ3) is 3.71. The van der Waals surface area contributed by atoms with Gasteiger partial charge in [0.05, 0.1) is 4.34 Å². The number of nitrogens with one attached hydrogen (secondary N) is 1. The minimum Gasteiger partial charge on any atom is -0.314 e. The summed E-state index contributed by atoms with van der Waals surface area (Å²) in [5.74, 6) is 0. The number of aromatic nitrogens is 1. The van der Waals surface area contributed by atoms with Gasteiger partial charge in [-0.1, -0.05) is 17.7 Å². The number of halogens is 2. The number of piperazine rings is 1. The highest BCUT2D eigenvalue weighted by molar-refractivity contribution is 7.16. The Morgan fingerprint density at radius 2 is 2.30 bits per heavy atom. The summed E-state index contributed by atoms with van der Waals surface area (Å²) in [4.78, 5) is 8.05. The zero-order chi connectivity index (χ0) is 13.1. The lowest BCUT2D eigenvalue weighted by molar-refractivity contribution is 0.155. The van der Waals surface area contributed by atoms with Crippen molar-refractivity contribution >= 4 is 35.3 Å². The van der Waals surface area contributed by atoms with E-state index in [4.69, 9.17) is 11.6 Å². The molecule has 0 bridgehead atoms. The van der Waals surface area contributed by atoms with Gasteiger partial charge in [-0.2, -0.15) is 0 Å². The first-order valence-corrected chi connectivity index (χ1v) is 7.61. The summed E-state index contributed by atoms with van der Waals surface area (Å²) in [5.41, 5.74) is 1.28. The largest absolute Gasteiger partial charge is 0.314 e. The average molecular weight is 330 g/mol. The molecule has 1 aliphatic rings. The van der Waals surface area contributed by atoms with Crippen molar-refractivity contribution in [3.05, 3.63) is 51.4 Å². The van der Waals surface area contributed by atoms with Gasteiger partial charge < -0.3 is 5.32 Å². The van der Waals surface area contributed by atoms with Crippen LogP contribution in [0.4, 0.5) is 0 Å². The summed E-state index contributed by atoms with van der Waals surface area (Å²) in [7, 11) is 0. The molecule has 108 valence electrons. The maximum absolute atomic E-state index is 6.01. The van der Waals surface area contributed by atoms with Crippen LogP contribution >= 0.6 is 35.3 Å². The van der Waals surface area contributed by atoms with Crippen LogP contribution < -0.4 is 5.32 Å². The molecule has 1 atom stereocenters. The lowest BCUT2D eigenvalue weighted by Gasteiger charge is -2.36. The summed E-state index contributed by atoms with van der Waals surface area (Å²) in [6.07, 6.45) is 3.79. The van der Waals surface area contributed by atoms with Gasteiger partial charge in [0.15, 0.2) is 0 Å². The van der Waals surface area contributed by atoms with Crippen LogP contribution in [0.25, 0.3) is 0 Å². The van der Waals surface area contributed by atoms with Crippen molar-refractivity contribution in [2.45, 2.75) is 12.6 Å². The second kappa shape index (κ2) is 7.38. The van der Waals surface area contributed by atoms with Gasteiger partial charge in [0.1, 0.15) is 0 Å². The second-order valence-electron chi connectivity index (χ2n) is 4.68. The van der Waals surface area contributed by atoms with Crippen LogP contribution in [0, 0.1) is 0 Å². The minimum atomic E-state index is 0. The van der Waals surface area contributed by atoms with Crippen LogP contribution in [0.2, 0.25) is 4.34 Å². The highest BCUT2D eigenvalue weighted by Crippen LogP contribution is 2.27. The van der Waals surface area contributed by atoms with E-state index in [0.717, 1.165) is 30.5 Å². The molecule has 3 rings (SSSR count). The molecule has 1 aliphatic heterocycles. The maximum Gasteiger partial charge on any atom is 0.0931 e. The van der Waals surface area contributed by atoms with Gasteiger partial charge in [0.2, 0.25) is 0 Å². The van der Waals surface area contributed by atoms with Crippen molar-refractivity contribution in [2.24, 2.45) is 0 Å². The second-order valence-corrected chi connectivity index (χ2v) is 6.48. The fourth-order valence-electron chi connectivity index (χ4n) is 2.47. The Morgan fingerprint density at radius 1 is 1.40 bits per heavy atom. The Balaban J connectivity index is 0.00000147. The van der Waals surface area contributed by atoms with E-state index >= 15 is 0 Å². The molecule has 2 aromatic rings. The predicted octanol–water partition coefficient (Wildman–Crippen LogP) is 3.36. The molecular formula is C14H17Cl2N3S. The average Bonchev–Trinajstić information content (AvgIpc) is 2.86. The molecule has 2 aromatic heterocycles. The highest BCUT2D eigenvalue weighted by Gasteiger charge is 2.24. The fraction of sp³-hybridized carbons (Fsp3) is 0.357. The van der Waals surface area contributed by atoms with Crippen molar-refractivity contribution in [3.63, 3.8) is 0 Å². The van der Waals surface area contributed by atoms with E-state index in [1.54, 1.807) is 11.3 Å². The molecule has 0 aromatic carbocycles. The normalized spacial score (nSPS) is 19.6. The Morgan fingerprint density at radius 3 is 3.00 bits per heavy atom. The lowest BCUT2D eigenvalue weighted by atomic mass is 10.1. The van der Waals surface area contributed by atoms with Crippen molar-refractivity contribution in [2.75, 3.05) is 19.6 Å². The standard InChI is InChI=1S/C14H16ClN3S.ClH/c15-14-4-3-12(19-14)10-18-7-6-17-9-13(18)11-2-1-5-16-8-11;/h1-5,8,13,17H,6-7,9-10H2;1H. The zero-order valence-electron chi connectivity index (χ0n) is 11.0. The molecular weight excluding hydrogens is 313 g/mol. The first-order valence-electron chi connectivity index (χ1n) is 6.42. The van der Waals surface area contributed by atoms with E-state index in [9.17, 15) is 0 Å². The molecule has 1 saturated heterocycles. The quantitative estimate of drug-likeness (QED) is 0.935. The van der Waals surface area contributed by atoms with Gasteiger partial charge in [0, 0.05) is 49.5 Å². The Bertz CT molecular complexity index is 532. The number of nitrogens with zero attached hydrogens (tertiary/aromatic N) is 2. The summed E-state index contributed by atoms with van der Waals surface area (Å²) in [6.45, 7) is 4.02. The highest BCUT2D eigenvalue weighted by atomic mass is 35.5. The smallest absolute Gasteiger partial charge is 0.0931 e. The Kier molecular flexibility index (Phi) is 5.81. The zero-order valence-corrected chi connectivity index (χ0v) is 13.3. The van der Waals surface area contributed by atoms with Crippen LogP contribution in [0.5, 0.6) is 0 Å². The molecule has 20 heavy (non-hydrogen) atoms. The van der Waals surface area contributed by atoms with Crippen molar-refractivity contribution in [1.29, 1.82) is 0 Å². The molecule has 0 radical (unpaired) electrons. The van der Waals surface area contributed by atoms with E-state index in [1.807, 2.05) is 24.5 Å². The van der Waals surface area contributed by atoms with E-state index in [-0.39, 0.29) is 12.4 Å². The number of rotatable bonds is 3. The SMILES string of the molecule is Cl.Clc1ccc(CN2CCNCC2c2cccnc2)s1. The van der Waals surface area contributed by atoms with Crippen LogP contribution in [0.15, 0.2) is 36.7 Å². The molecule has 3 nitrogen and oxygen atoms in total. The first-order chi connectivity index (χ1) is 9.33. The van der Waals surface area contributed by atoms with Crippen molar-refractivity contribution in [3.8, 4) is 0 Å².